The molecular weight excluding hydrogens is 314 g/mol. The molecule has 1 aliphatic heterocycles. The number of benzene rings is 2. The van der Waals surface area contributed by atoms with Crippen LogP contribution in [-0.4, -0.2) is 49.4 Å². The van der Waals surface area contributed by atoms with Crippen molar-refractivity contribution in [3.8, 4) is 0 Å². The average Bonchev–Trinajstić information content (AvgIpc) is 2.67. The van der Waals surface area contributed by atoms with Crippen molar-refractivity contribution >= 4 is 17.5 Å². The third kappa shape index (κ3) is 3.72. The van der Waals surface area contributed by atoms with E-state index in [1.165, 1.54) is 0 Å². The smallest absolute Gasteiger partial charge is 0.258 e. The molecule has 130 valence electrons. The first kappa shape index (κ1) is 17.2. The van der Waals surface area contributed by atoms with Gasteiger partial charge in [-0.15, -0.1) is 0 Å². The van der Waals surface area contributed by atoms with Crippen molar-refractivity contribution in [3.05, 3.63) is 65.7 Å². The molecule has 0 saturated carbocycles. The number of anilines is 1. The van der Waals surface area contributed by atoms with E-state index in [9.17, 15) is 9.59 Å². The Balaban J connectivity index is 1.81. The Hall–Kier alpha value is -2.66. The van der Waals surface area contributed by atoms with Crippen LogP contribution in [0.15, 0.2) is 54.6 Å². The molecule has 0 spiro atoms. The first-order valence-corrected chi connectivity index (χ1v) is 8.53. The summed E-state index contributed by atoms with van der Waals surface area (Å²) in [7, 11) is 1.74. The van der Waals surface area contributed by atoms with Crippen LogP contribution in [0.1, 0.15) is 27.6 Å². The van der Waals surface area contributed by atoms with Crippen molar-refractivity contribution in [1.82, 2.24) is 10.2 Å². The second kappa shape index (κ2) is 7.49. The zero-order valence-corrected chi connectivity index (χ0v) is 14.6. The van der Waals surface area contributed by atoms with E-state index in [1.54, 1.807) is 36.2 Å². The normalized spacial score (nSPS) is 17.2. The topological polar surface area (TPSA) is 52.7 Å². The number of hydrogen-bond acceptors (Lipinski definition) is 3. The van der Waals surface area contributed by atoms with Gasteiger partial charge in [0.25, 0.3) is 11.8 Å². The van der Waals surface area contributed by atoms with Crippen LogP contribution in [0.2, 0.25) is 0 Å². The molecule has 0 aliphatic carbocycles. The van der Waals surface area contributed by atoms with E-state index in [1.807, 2.05) is 42.2 Å². The molecule has 1 heterocycles. The van der Waals surface area contributed by atoms with E-state index in [4.69, 9.17) is 0 Å². The minimum absolute atomic E-state index is 0.0222. The van der Waals surface area contributed by atoms with Gasteiger partial charge in [0.05, 0.1) is 0 Å². The highest BCUT2D eigenvalue weighted by atomic mass is 16.2. The fourth-order valence-electron chi connectivity index (χ4n) is 3.06. The molecule has 1 N–H and O–H groups in total. The maximum atomic E-state index is 12.8. The molecule has 5 nitrogen and oxygen atoms in total. The number of hydrogen-bond donors (Lipinski definition) is 1. The van der Waals surface area contributed by atoms with Gasteiger partial charge in [-0.2, -0.15) is 0 Å². The van der Waals surface area contributed by atoms with Crippen LogP contribution in [0.5, 0.6) is 0 Å². The zero-order valence-electron chi connectivity index (χ0n) is 14.6. The summed E-state index contributed by atoms with van der Waals surface area (Å²) in [5, 5.41) is 3.28. The Morgan fingerprint density at radius 2 is 1.80 bits per heavy atom. The molecule has 1 saturated heterocycles. The third-order valence-electron chi connectivity index (χ3n) is 4.57. The highest BCUT2D eigenvalue weighted by molar-refractivity contribution is 6.07. The van der Waals surface area contributed by atoms with Gasteiger partial charge in [-0.3, -0.25) is 9.59 Å². The van der Waals surface area contributed by atoms with E-state index in [0.29, 0.717) is 17.7 Å². The number of nitrogens with zero attached hydrogens (tertiary/aromatic N) is 2. The molecule has 3 rings (SSSR count). The molecule has 0 aromatic heterocycles. The SMILES string of the molecule is C[C@@H]1CNCCN1C(=O)c1cccc(C(=O)N(C)c2ccccc2)c1. The number of carbonyl (C=O) groups is 2. The first-order chi connectivity index (χ1) is 12.1. The summed E-state index contributed by atoms with van der Waals surface area (Å²) in [5.74, 6) is -0.153. The monoisotopic (exact) mass is 337 g/mol. The van der Waals surface area contributed by atoms with Gasteiger partial charge in [0.2, 0.25) is 0 Å². The number of carbonyl (C=O) groups excluding carboxylic acids is 2. The van der Waals surface area contributed by atoms with Gasteiger partial charge in [-0.05, 0) is 37.3 Å². The number of nitrogens with one attached hydrogen (secondary N) is 1. The van der Waals surface area contributed by atoms with Gasteiger partial charge in [0.1, 0.15) is 0 Å². The summed E-state index contributed by atoms with van der Waals surface area (Å²) in [6.07, 6.45) is 0. The Bertz CT molecular complexity index is 761. The fraction of sp³-hybridized carbons (Fsp3) is 0.300. The Morgan fingerprint density at radius 3 is 2.52 bits per heavy atom. The van der Waals surface area contributed by atoms with Crippen LogP contribution in [0.3, 0.4) is 0 Å². The molecule has 1 aliphatic rings. The zero-order chi connectivity index (χ0) is 17.8. The van der Waals surface area contributed by atoms with Gasteiger partial charge < -0.3 is 15.1 Å². The molecule has 1 fully saturated rings. The summed E-state index contributed by atoms with van der Waals surface area (Å²) in [6.45, 7) is 4.30. The van der Waals surface area contributed by atoms with Crippen molar-refractivity contribution in [2.75, 3.05) is 31.6 Å². The van der Waals surface area contributed by atoms with Crippen LogP contribution in [0, 0.1) is 0 Å². The Kier molecular flexibility index (Phi) is 5.14. The number of rotatable bonds is 3. The maximum absolute atomic E-state index is 12.8. The highest BCUT2D eigenvalue weighted by Crippen LogP contribution is 2.17. The van der Waals surface area contributed by atoms with Gasteiger partial charge in [0, 0.05) is 49.5 Å². The molecular formula is C20H23N3O2. The van der Waals surface area contributed by atoms with Crippen LogP contribution >= 0.6 is 0 Å². The van der Waals surface area contributed by atoms with Crippen LogP contribution in [0.4, 0.5) is 5.69 Å². The lowest BCUT2D eigenvalue weighted by atomic mass is 10.1. The quantitative estimate of drug-likeness (QED) is 0.936. The summed E-state index contributed by atoms with van der Waals surface area (Å²) in [5.41, 5.74) is 1.89. The molecule has 5 heteroatoms. The number of para-hydroxylation sites is 1. The van der Waals surface area contributed by atoms with E-state index >= 15 is 0 Å². The van der Waals surface area contributed by atoms with E-state index in [2.05, 4.69) is 5.32 Å². The maximum Gasteiger partial charge on any atom is 0.258 e. The lowest BCUT2D eigenvalue weighted by Gasteiger charge is -2.34. The van der Waals surface area contributed by atoms with Crippen molar-refractivity contribution in [1.29, 1.82) is 0 Å². The van der Waals surface area contributed by atoms with Crippen molar-refractivity contribution in [2.45, 2.75) is 13.0 Å². The van der Waals surface area contributed by atoms with E-state index in [-0.39, 0.29) is 17.9 Å². The van der Waals surface area contributed by atoms with Crippen LogP contribution < -0.4 is 10.2 Å². The van der Waals surface area contributed by atoms with Gasteiger partial charge in [-0.1, -0.05) is 24.3 Å². The summed E-state index contributed by atoms with van der Waals surface area (Å²) in [6, 6.07) is 16.6. The minimum atomic E-state index is -0.130. The van der Waals surface area contributed by atoms with Crippen molar-refractivity contribution < 1.29 is 9.59 Å². The third-order valence-corrected chi connectivity index (χ3v) is 4.57. The molecule has 25 heavy (non-hydrogen) atoms. The van der Waals surface area contributed by atoms with Gasteiger partial charge in [0.15, 0.2) is 0 Å². The Labute approximate surface area is 148 Å². The standard InChI is InChI=1S/C20H23N3O2/c1-15-14-21-11-12-23(15)20(25)17-8-6-7-16(13-17)19(24)22(2)18-9-4-3-5-10-18/h3-10,13,15,21H,11-12,14H2,1-2H3/t15-/m1/s1. The summed E-state index contributed by atoms with van der Waals surface area (Å²) < 4.78 is 0. The first-order valence-electron chi connectivity index (χ1n) is 8.53. The second-order valence-corrected chi connectivity index (χ2v) is 6.33. The molecule has 0 bridgehead atoms. The molecule has 2 aromatic carbocycles. The molecule has 1 atom stereocenters. The van der Waals surface area contributed by atoms with Gasteiger partial charge in [-0.25, -0.2) is 0 Å². The summed E-state index contributed by atoms with van der Waals surface area (Å²) >= 11 is 0. The van der Waals surface area contributed by atoms with Gasteiger partial charge >= 0.3 is 0 Å². The van der Waals surface area contributed by atoms with Crippen molar-refractivity contribution in [3.63, 3.8) is 0 Å². The van der Waals surface area contributed by atoms with Crippen LogP contribution in [-0.2, 0) is 0 Å². The molecule has 0 unspecified atom stereocenters. The predicted molar refractivity (Wildman–Crippen MR) is 99.0 cm³/mol. The second-order valence-electron chi connectivity index (χ2n) is 6.33. The minimum Gasteiger partial charge on any atom is -0.333 e. The molecule has 2 amide bonds. The molecule has 2 aromatic rings. The van der Waals surface area contributed by atoms with E-state index in [0.717, 1.165) is 18.8 Å². The van der Waals surface area contributed by atoms with Crippen LogP contribution in [0.25, 0.3) is 0 Å². The predicted octanol–water partition coefficient (Wildman–Crippen LogP) is 2.40. The molecule has 0 radical (unpaired) electrons. The number of piperazine rings is 1. The fourth-order valence-corrected chi connectivity index (χ4v) is 3.06. The number of amides is 2. The largest absolute Gasteiger partial charge is 0.333 e. The lowest BCUT2D eigenvalue weighted by molar-refractivity contribution is 0.0656. The van der Waals surface area contributed by atoms with Crippen molar-refractivity contribution in [2.24, 2.45) is 0 Å². The Morgan fingerprint density at radius 1 is 1.08 bits per heavy atom. The van der Waals surface area contributed by atoms with E-state index < -0.39 is 0 Å². The highest BCUT2D eigenvalue weighted by Gasteiger charge is 2.24. The lowest BCUT2D eigenvalue weighted by Crippen LogP contribution is -2.52. The summed E-state index contributed by atoms with van der Waals surface area (Å²) in [4.78, 5) is 29.0. The average molecular weight is 337 g/mol.